The minimum absolute atomic E-state index is 0.435. The Hall–Kier alpha value is -0.870. The van der Waals surface area contributed by atoms with Crippen LogP contribution in [0.15, 0.2) is 27.5 Å². The van der Waals surface area contributed by atoms with Crippen molar-refractivity contribution in [1.29, 1.82) is 0 Å². The van der Waals surface area contributed by atoms with Crippen LogP contribution in [0.5, 0.6) is 0 Å². The van der Waals surface area contributed by atoms with Gasteiger partial charge in [-0.2, -0.15) is 4.98 Å². The first kappa shape index (κ1) is 9.68. The molecule has 3 nitrogen and oxygen atoms in total. The molecular weight excluding hydrogens is 267 g/mol. The van der Waals surface area contributed by atoms with Crippen LogP contribution in [0.1, 0.15) is 5.56 Å². The highest BCUT2D eigenvalue weighted by atomic mass is 79.9. The van der Waals surface area contributed by atoms with E-state index in [0.717, 1.165) is 11.1 Å². The molecule has 0 fully saturated rings. The van der Waals surface area contributed by atoms with Crippen LogP contribution in [0.25, 0.3) is 11.5 Å². The van der Waals surface area contributed by atoms with Gasteiger partial charge in [0.1, 0.15) is 0 Å². The van der Waals surface area contributed by atoms with Crippen LogP contribution in [-0.4, -0.2) is 10.1 Å². The van der Waals surface area contributed by atoms with Crippen molar-refractivity contribution in [3.8, 4) is 11.5 Å². The fraction of sp³-hybridized carbons (Fsp3) is 0.111. The third kappa shape index (κ3) is 1.96. The molecule has 0 unspecified atom stereocenters. The van der Waals surface area contributed by atoms with Crippen LogP contribution in [0.4, 0.5) is 0 Å². The van der Waals surface area contributed by atoms with E-state index in [1.54, 1.807) is 6.07 Å². The lowest BCUT2D eigenvalue weighted by molar-refractivity contribution is 0.426. The Balaban J connectivity index is 2.51. The van der Waals surface area contributed by atoms with Crippen LogP contribution in [0, 0.1) is 6.92 Å². The molecule has 5 heteroatoms. The Morgan fingerprint density at radius 3 is 2.71 bits per heavy atom. The molecule has 0 bridgehead atoms. The Kier molecular flexibility index (Phi) is 2.56. The van der Waals surface area contributed by atoms with Gasteiger partial charge in [0.2, 0.25) is 4.73 Å². The maximum absolute atomic E-state index is 5.91. The summed E-state index contributed by atoms with van der Waals surface area (Å²) in [7, 11) is 0. The molecule has 1 aromatic heterocycles. The van der Waals surface area contributed by atoms with Gasteiger partial charge in [-0.1, -0.05) is 11.6 Å². The molecule has 1 heterocycles. The fourth-order valence-electron chi connectivity index (χ4n) is 1.18. The van der Waals surface area contributed by atoms with Gasteiger partial charge in [0, 0.05) is 10.6 Å². The van der Waals surface area contributed by atoms with E-state index in [0.29, 0.717) is 15.6 Å². The highest BCUT2D eigenvalue weighted by Crippen LogP contribution is 2.23. The summed E-state index contributed by atoms with van der Waals surface area (Å²) in [6.45, 7) is 1.96. The second kappa shape index (κ2) is 3.71. The highest BCUT2D eigenvalue weighted by molar-refractivity contribution is 9.10. The number of hydrogen-bond donors (Lipinski definition) is 0. The number of aryl methyl sites for hydroxylation is 1. The third-order valence-electron chi connectivity index (χ3n) is 1.69. The van der Waals surface area contributed by atoms with Gasteiger partial charge >= 0.3 is 0 Å². The van der Waals surface area contributed by atoms with Crippen molar-refractivity contribution < 1.29 is 4.52 Å². The topological polar surface area (TPSA) is 38.9 Å². The molecule has 14 heavy (non-hydrogen) atoms. The van der Waals surface area contributed by atoms with Gasteiger partial charge in [0.15, 0.2) is 0 Å². The number of halogens is 2. The van der Waals surface area contributed by atoms with Gasteiger partial charge in [-0.25, -0.2) is 0 Å². The maximum atomic E-state index is 5.91. The van der Waals surface area contributed by atoms with Gasteiger partial charge in [-0.05, 0) is 51.8 Å². The highest BCUT2D eigenvalue weighted by Gasteiger charge is 2.07. The van der Waals surface area contributed by atoms with Crippen LogP contribution < -0.4 is 0 Å². The van der Waals surface area contributed by atoms with Crippen molar-refractivity contribution in [2.24, 2.45) is 0 Å². The Labute approximate surface area is 94.2 Å². The van der Waals surface area contributed by atoms with Crippen LogP contribution in [0.2, 0.25) is 5.02 Å². The molecule has 0 aliphatic rings. The summed E-state index contributed by atoms with van der Waals surface area (Å²) >= 11 is 9.02. The molecule has 0 saturated carbocycles. The van der Waals surface area contributed by atoms with E-state index in [1.165, 1.54) is 0 Å². The molecule has 0 amide bonds. The molecule has 2 rings (SSSR count). The summed E-state index contributed by atoms with van der Waals surface area (Å²) < 4.78 is 5.43. The monoisotopic (exact) mass is 272 g/mol. The number of benzene rings is 1. The van der Waals surface area contributed by atoms with E-state index in [1.807, 2.05) is 19.1 Å². The zero-order valence-electron chi connectivity index (χ0n) is 7.29. The Morgan fingerprint density at radius 2 is 2.14 bits per heavy atom. The summed E-state index contributed by atoms with van der Waals surface area (Å²) in [6, 6.07) is 5.59. The summed E-state index contributed by atoms with van der Waals surface area (Å²) in [5, 5.41) is 4.30. The molecule has 0 saturated heterocycles. The van der Waals surface area contributed by atoms with Gasteiger partial charge in [-0.15, -0.1) is 0 Å². The number of nitrogens with zero attached hydrogens (tertiary/aromatic N) is 2. The normalized spacial score (nSPS) is 10.5. The van der Waals surface area contributed by atoms with Crippen LogP contribution in [-0.2, 0) is 0 Å². The molecule has 0 radical (unpaired) electrons. The average Bonchev–Trinajstić information content (AvgIpc) is 2.50. The molecule has 0 aliphatic heterocycles. The van der Waals surface area contributed by atoms with Crippen molar-refractivity contribution in [3.63, 3.8) is 0 Å². The molecule has 0 aliphatic carbocycles. The van der Waals surface area contributed by atoms with E-state index in [-0.39, 0.29) is 0 Å². The van der Waals surface area contributed by atoms with Gasteiger partial charge in [-0.3, -0.25) is 0 Å². The van der Waals surface area contributed by atoms with Crippen molar-refractivity contribution in [2.75, 3.05) is 0 Å². The van der Waals surface area contributed by atoms with E-state index in [4.69, 9.17) is 16.1 Å². The van der Waals surface area contributed by atoms with Gasteiger partial charge < -0.3 is 4.52 Å². The molecule has 0 N–H and O–H groups in total. The average molecular weight is 274 g/mol. The first-order chi connectivity index (χ1) is 6.65. The van der Waals surface area contributed by atoms with E-state index in [9.17, 15) is 0 Å². The number of hydrogen-bond acceptors (Lipinski definition) is 3. The minimum Gasteiger partial charge on any atom is -0.333 e. The molecule has 72 valence electrons. The predicted molar refractivity (Wildman–Crippen MR) is 57.2 cm³/mol. The zero-order chi connectivity index (χ0) is 10.1. The van der Waals surface area contributed by atoms with Crippen molar-refractivity contribution >= 4 is 27.5 Å². The van der Waals surface area contributed by atoms with Gasteiger partial charge in [0.25, 0.3) is 5.89 Å². The fourth-order valence-corrected chi connectivity index (χ4v) is 1.71. The second-order valence-electron chi connectivity index (χ2n) is 2.89. The standard InChI is InChI=1S/C9H6BrClN2O/c1-5-2-6(4-7(11)3-5)8-12-9(10)13-14-8/h2-4H,1H3. The van der Waals surface area contributed by atoms with E-state index < -0.39 is 0 Å². The largest absolute Gasteiger partial charge is 0.333 e. The predicted octanol–water partition coefficient (Wildman–Crippen LogP) is 3.46. The smallest absolute Gasteiger partial charge is 0.258 e. The Morgan fingerprint density at radius 1 is 1.36 bits per heavy atom. The second-order valence-corrected chi connectivity index (χ2v) is 4.03. The van der Waals surface area contributed by atoms with Crippen LogP contribution >= 0.6 is 27.5 Å². The first-order valence-corrected chi connectivity index (χ1v) is 5.09. The zero-order valence-corrected chi connectivity index (χ0v) is 9.63. The molecular formula is C9H6BrClN2O. The SMILES string of the molecule is Cc1cc(Cl)cc(-c2nc(Br)no2)c1. The van der Waals surface area contributed by atoms with Crippen molar-refractivity contribution in [3.05, 3.63) is 33.5 Å². The van der Waals surface area contributed by atoms with Gasteiger partial charge in [0.05, 0.1) is 0 Å². The summed E-state index contributed by atoms with van der Waals surface area (Å²) in [5.41, 5.74) is 1.88. The van der Waals surface area contributed by atoms with Crippen LogP contribution in [0.3, 0.4) is 0 Å². The number of rotatable bonds is 1. The minimum atomic E-state index is 0.435. The maximum Gasteiger partial charge on any atom is 0.258 e. The quantitative estimate of drug-likeness (QED) is 0.798. The molecule has 0 spiro atoms. The summed E-state index contributed by atoms with van der Waals surface area (Å²) in [6.07, 6.45) is 0. The lowest BCUT2D eigenvalue weighted by atomic mass is 10.1. The lowest BCUT2D eigenvalue weighted by Gasteiger charge is -1.97. The van der Waals surface area contributed by atoms with E-state index in [2.05, 4.69) is 26.1 Å². The summed E-state index contributed by atoms with van der Waals surface area (Å²) in [4.78, 5) is 4.04. The Bertz CT molecular complexity index is 449. The molecule has 0 atom stereocenters. The molecule has 2 aromatic rings. The lowest BCUT2D eigenvalue weighted by Crippen LogP contribution is -1.80. The number of aromatic nitrogens is 2. The van der Waals surface area contributed by atoms with E-state index >= 15 is 0 Å². The molecule has 1 aromatic carbocycles. The third-order valence-corrected chi connectivity index (χ3v) is 2.23. The summed E-state index contributed by atoms with van der Waals surface area (Å²) in [5.74, 6) is 0.461. The van der Waals surface area contributed by atoms with Crippen molar-refractivity contribution in [1.82, 2.24) is 10.1 Å². The first-order valence-electron chi connectivity index (χ1n) is 3.92. The van der Waals surface area contributed by atoms with Crippen molar-refractivity contribution in [2.45, 2.75) is 6.92 Å².